The number of hydrogen-bond donors (Lipinski definition) is 2. The predicted molar refractivity (Wildman–Crippen MR) is 73.4 cm³/mol. The minimum absolute atomic E-state index is 0.0450. The standard InChI is InChI=1S/C12H8ClFN2O4S/c13-8-2-1-5-15-11(8)16-21(19,20)10-4-3-7(12(17)18)6-9(10)14/h1-6H,(H,15,16)(H,17,18). The lowest BCUT2D eigenvalue weighted by molar-refractivity contribution is 0.0696. The van der Waals surface area contributed by atoms with Crippen molar-refractivity contribution >= 4 is 33.4 Å². The van der Waals surface area contributed by atoms with Crippen molar-refractivity contribution in [3.8, 4) is 0 Å². The van der Waals surface area contributed by atoms with E-state index in [0.29, 0.717) is 6.07 Å². The second kappa shape index (κ2) is 5.66. The van der Waals surface area contributed by atoms with Crippen molar-refractivity contribution in [2.75, 3.05) is 4.72 Å². The zero-order valence-corrected chi connectivity index (χ0v) is 11.8. The van der Waals surface area contributed by atoms with Crippen LogP contribution in [0.1, 0.15) is 10.4 Å². The van der Waals surface area contributed by atoms with E-state index in [9.17, 15) is 17.6 Å². The molecule has 6 nitrogen and oxygen atoms in total. The van der Waals surface area contributed by atoms with Gasteiger partial charge in [0, 0.05) is 6.20 Å². The number of anilines is 1. The SMILES string of the molecule is O=C(O)c1ccc(S(=O)(=O)Nc2ncccc2Cl)c(F)c1. The normalized spacial score (nSPS) is 11.1. The smallest absolute Gasteiger partial charge is 0.335 e. The minimum Gasteiger partial charge on any atom is -0.478 e. The van der Waals surface area contributed by atoms with Crippen LogP contribution >= 0.6 is 11.6 Å². The maximum absolute atomic E-state index is 13.8. The van der Waals surface area contributed by atoms with Crippen molar-refractivity contribution in [1.82, 2.24) is 4.98 Å². The molecule has 0 aliphatic carbocycles. The molecule has 0 radical (unpaired) electrons. The molecule has 1 aromatic heterocycles. The Hall–Kier alpha value is -2.19. The summed E-state index contributed by atoms with van der Waals surface area (Å²) in [7, 11) is -4.27. The zero-order chi connectivity index (χ0) is 15.6. The van der Waals surface area contributed by atoms with Crippen LogP contribution in [0.5, 0.6) is 0 Å². The topological polar surface area (TPSA) is 96.4 Å². The third-order valence-electron chi connectivity index (χ3n) is 2.46. The van der Waals surface area contributed by atoms with E-state index in [0.717, 1.165) is 12.1 Å². The molecule has 1 aromatic carbocycles. The number of hydrogen-bond acceptors (Lipinski definition) is 4. The molecular weight excluding hydrogens is 323 g/mol. The van der Waals surface area contributed by atoms with Crippen LogP contribution < -0.4 is 4.72 Å². The molecule has 2 aromatic rings. The average molecular weight is 331 g/mol. The van der Waals surface area contributed by atoms with E-state index >= 15 is 0 Å². The van der Waals surface area contributed by atoms with Crippen molar-refractivity contribution in [3.05, 3.63) is 52.9 Å². The molecule has 0 aliphatic heterocycles. The van der Waals surface area contributed by atoms with Crippen LogP contribution in [0.25, 0.3) is 0 Å². The van der Waals surface area contributed by atoms with Gasteiger partial charge in [-0.05, 0) is 30.3 Å². The van der Waals surface area contributed by atoms with Crippen LogP contribution in [0.4, 0.5) is 10.2 Å². The van der Waals surface area contributed by atoms with E-state index in [4.69, 9.17) is 16.7 Å². The number of sulfonamides is 1. The van der Waals surface area contributed by atoms with Gasteiger partial charge in [-0.3, -0.25) is 4.72 Å². The highest BCUT2D eigenvalue weighted by molar-refractivity contribution is 7.92. The number of nitrogens with zero attached hydrogens (tertiary/aromatic N) is 1. The zero-order valence-electron chi connectivity index (χ0n) is 10.2. The largest absolute Gasteiger partial charge is 0.478 e. The first-order chi connectivity index (χ1) is 9.81. The molecule has 0 fully saturated rings. The van der Waals surface area contributed by atoms with Crippen LogP contribution in [0, 0.1) is 5.82 Å². The number of nitrogens with one attached hydrogen (secondary N) is 1. The molecule has 2 N–H and O–H groups in total. The maximum Gasteiger partial charge on any atom is 0.335 e. The molecular formula is C12H8ClFN2O4S. The summed E-state index contributed by atoms with van der Waals surface area (Å²) >= 11 is 5.76. The van der Waals surface area contributed by atoms with Gasteiger partial charge in [0.15, 0.2) is 5.82 Å². The van der Waals surface area contributed by atoms with E-state index in [1.165, 1.54) is 18.3 Å². The van der Waals surface area contributed by atoms with Gasteiger partial charge in [0.25, 0.3) is 10.0 Å². The van der Waals surface area contributed by atoms with Gasteiger partial charge in [0.05, 0.1) is 10.6 Å². The summed E-state index contributed by atoms with van der Waals surface area (Å²) in [5.74, 6) is -2.70. The molecule has 21 heavy (non-hydrogen) atoms. The second-order valence-electron chi connectivity index (χ2n) is 3.89. The van der Waals surface area contributed by atoms with Crippen molar-refractivity contribution in [2.45, 2.75) is 4.90 Å². The Kier molecular flexibility index (Phi) is 4.10. The number of benzene rings is 1. The van der Waals surface area contributed by atoms with Crippen LogP contribution in [0.3, 0.4) is 0 Å². The highest BCUT2D eigenvalue weighted by Gasteiger charge is 2.22. The molecule has 0 saturated carbocycles. The molecule has 0 aliphatic rings. The molecule has 0 spiro atoms. The summed E-state index contributed by atoms with van der Waals surface area (Å²) in [5.41, 5.74) is -0.359. The Bertz CT molecular complexity index is 811. The fraction of sp³-hybridized carbons (Fsp3) is 0. The minimum atomic E-state index is -4.27. The lowest BCUT2D eigenvalue weighted by Crippen LogP contribution is -2.16. The third kappa shape index (κ3) is 3.29. The van der Waals surface area contributed by atoms with Gasteiger partial charge in [-0.15, -0.1) is 0 Å². The summed E-state index contributed by atoms with van der Waals surface area (Å²) in [5, 5.41) is 8.76. The van der Waals surface area contributed by atoms with Crippen LogP contribution in [0.2, 0.25) is 5.02 Å². The van der Waals surface area contributed by atoms with Gasteiger partial charge in [0.2, 0.25) is 0 Å². The Morgan fingerprint density at radius 2 is 2.05 bits per heavy atom. The number of carboxylic acid groups (broad SMARTS) is 1. The van der Waals surface area contributed by atoms with Gasteiger partial charge in [0.1, 0.15) is 10.7 Å². The molecule has 110 valence electrons. The highest BCUT2D eigenvalue weighted by Crippen LogP contribution is 2.23. The lowest BCUT2D eigenvalue weighted by atomic mass is 10.2. The van der Waals surface area contributed by atoms with E-state index < -0.39 is 26.7 Å². The van der Waals surface area contributed by atoms with Crippen molar-refractivity contribution in [1.29, 1.82) is 0 Å². The van der Waals surface area contributed by atoms with Crippen molar-refractivity contribution in [2.24, 2.45) is 0 Å². The van der Waals surface area contributed by atoms with E-state index in [1.807, 2.05) is 4.72 Å². The predicted octanol–water partition coefficient (Wildman–Crippen LogP) is 2.37. The molecule has 2 rings (SSSR count). The molecule has 0 unspecified atom stereocenters. The summed E-state index contributed by atoms with van der Waals surface area (Å²) in [4.78, 5) is 13.7. The van der Waals surface area contributed by atoms with Crippen LogP contribution in [-0.2, 0) is 10.0 Å². The van der Waals surface area contributed by atoms with Gasteiger partial charge in [-0.1, -0.05) is 11.6 Å². The van der Waals surface area contributed by atoms with Gasteiger partial charge >= 0.3 is 5.97 Å². The van der Waals surface area contributed by atoms with Crippen molar-refractivity contribution < 1.29 is 22.7 Å². The fourth-order valence-electron chi connectivity index (χ4n) is 1.49. The first-order valence-corrected chi connectivity index (χ1v) is 7.33. The summed E-state index contributed by atoms with van der Waals surface area (Å²) in [6.45, 7) is 0. The van der Waals surface area contributed by atoms with Crippen molar-refractivity contribution in [3.63, 3.8) is 0 Å². The number of rotatable bonds is 4. The van der Waals surface area contributed by atoms with E-state index in [1.54, 1.807) is 0 Å². The third-order valence-corrected chi connectivity index (χ3v) is 4.14. The number of aromatic nitrogens is 1. The summed E-state index contributed by atoms with van der Waals surface area (Å²) in [6, 6.07) is 5.38. The highest BCUT2D eigenvalue weighted by atomic mass is 35.5. The number of aromatic carboxylic acids is 1. The number of pyridine rings is 1. The fourth-order valence-corrected chi connectivity index (χ4v) is 2.81. The Balaban J connectivity index is 2.41. The van der Waals surface area contributed by atoms with E-state index in [2.05, 4.69) is 4.98 Å². The Morgan fingerprint density at radius 3 is 2.62 bits per heavy atom. The molecule has 9 heteroatoms. The summed E-state index contributed by atoms with van der Waals surface area (Å²) < 4.78 is 39.9. The van der Waals surface area contributed by atoms with Crippen LogP contribution in [-0.4, -0.2) is 24.5 Å². The molecule has 0 saturated heterocycles. The van der Waals surface area contributed by atoms with Gasteiger partial charge in [-0.2, -0.15) is 0 Å². The summed E-state index contributed by atoms with van der Waals surface area (Å²) in [6.07, 6.45) is 1.31. The Labute approximate surface area is 124 Å². The quantitative estimate of drug-likeness (QED) is 0.897. The lowest BCUT2D eigenvalue weighted by Gasteiger charge is -2.09. The molecule has 1 heterocycles. The molecule has 0 atom stereocenters. The Morgan fingerprint density at radius 1 is 1.33 bits per heavy atom. The first-order valence-electron chi connectivity index (χ1n) is 5.47. The monoisotopic (exact) mass is 330 g/mol. The molecule has 0 amide bonds. The van der Waals surface area contributed by atoms with Gasteiger partial charge in [-0.25, -0.2) is 22.6 Å². The van der Waals surface area contributed by atoms with E-state index in [-0.39, 0.29) is 16.4 Å². The average Bonchev–Trinajstić information content (AvgIpc) is 2.40. The maximum atomic E-state index is 13.8. The number of carboxylic acids is 1. The second-order valence-corrected chi connectivity index (χ2v) is 5.95. The molecule has 0 bridgehead atoms. The van der Waals surface area contributed by atoms with Crippen LogP contribution in [0.15, 0.2) is 41.4 Å². The number of carbonyl (C=O) groups is 1. The first kappa shape index (κ1) is 15.2. The number of halogens is 2. The van der Waals surface area contributed by atoms with Gasteiger partial charge < -0.3 is 5.11 Å².